The normalized spacial score (nSPS) is 14.5. The van der Waals surface area contributed by atoms with Crippen molar-refractivity contribution in [2.75, 3.05) is 0 Å². The highest BCUT2D eigenvalue weighted by atomic mass is 32.2. The van der Waals surface area contributed by atoms with Gasteiger partial charge in [0, 0.05) is 18.9 Å². The van der Waals surface area contributed by atoms with Gasteiger partial charge in [0.05, 0.1) is 16.8 Å². The molecular weight excluding hydrogens is 324 g/mol. The fourth-order valence-corrected chi connectivity index (χ4v) is 3.43. The molecule has 2 rings (SSSR count). The van der Waals surface area contributed by atoms with Crippen LogP contribution in [0.1, 0.15) is 44.1 Å². The van der Waals surface area contributed by atoms with Crippen LogP contribution in [0.15, 0.2) is 43.0 Å². The molecule has 0 aliphatic heterocycles. The van der Waals surface area contributed by atoms with E-state index in [1.807, 2.05) is 17.7 Å². The van der Waals surface area contributed by atoms with Gasteiger partial charge >= 0.3 is 0 Å². The SMILES string of the molecule is CC(S)C(=O)SC(Cn1ccnc1)c1ccc(C(C)(C)C)cc1. The Morgan fingerprint density at radius 3 is 2.43 bits per heavy atom. The van der Waals surface area contributed by atoms with Crippen molar-refractivity contribution in [3.63, 3.8) is 0 Å². The molecule has 0 saturated heterocycles. The summed E-state index contributed by atoms with van der Waals surface area (Å²) < 4.78 is 2.01. The van der Waals surface area contributed by atoms with Crippen molar-refractivity contribution in [1.29, 1.82) is 0 Å². The van der Waals surface area contributed by atoms with Gasteiger partial charge in [0.15, 0.2) is 0 Å². The minimum absolute atomic E-state index is 0.0559. The number of thioether (sulfide) groups is 1. The standard InChI is InChI=1S/C18H24N2OS2/c1-13(22)17(21)23-16(11-20-10-9-19-12-20)14-5-7-15(8-6-14)18(2,3)4/h5-10,12-13,16,22H,11H2,1-4H3. The highest BCUT2D eigenvalue weighted by Crippen LogP contribution is 2.34. The molecule has 23 heavy (non-hydrogen) atoms. The zero-order valence-corrected chi connectivity index (χ0v) is 15.8. The van der Waals surface area contributed by atoms with Gasteiger partial charge in [-0.25, -0.2) is 4.98 Å². The van der Waals surface area contributed by atoms with Gasteiger partial charge in [0.1, 0.15) is 0 Å². The number of rotatable bonds is 5. The minimum atomic E-state index is -0.265. The van der Waals surface area contributed by atoms with Crippen LogP contribution >= 0.6 is 24.4 Å². The van der Waals surface area contributed by atoms with Crippen molar-refractivity contribution in [2.45, 2.75) is 50.2 Å². The van der Waals surface area contributed by atoms with Crippen LogP contribution in [0.2, 0.25) is 0 Å². The number of nitrogens with zero attached hydrogens (tertiary/aromatic N) is 2. The number of carbonyl (C=O) groups is 1. The maximum absolute atomic E-state index is 12.1. The number of imidazole rings is 1. The summed E-state index contributed by atoms with van der Waals surface area (Å²) in [4.78, 5) is 16.2. The van der Waals surface area contributed by atoms with E-state index in [0.29, 0.717) is 6.54 Å². The van der Waals surface area contributed by atoms with Crippen LogP contribution in [0, 0.1) is 0 Å². The van der Waals surface area contributed by atoms with Gasteiger partial charge in [-0.3, -0.25) is 4.79 Å². The number of aromatic nitrogens is 2. The molecule has 1 heterocycles. The highest BCUT2D eigenvalue weighted by Gasteiger charge is 2.21. The summed E-state index contributed by atoms with van der Waals surface area (Å²) in [7, 11) is 0. The predicted octanol–water partition coefficient (Wildman–Crippen LogP) is 4.50. The molecule has 0 radical (unpaired) electrons. The third-order valence-corrected chi connectivity index (χ3v) is 5.38. The Balaban J connectivity index is 2.23. The van der Waals surface area contributed by atoms with Crippen LogP contribution < -0.4 is 0 Å². The average molecular weight is 349 g/mol. The second kappa shape index (κ2) is 7.58. The van der Waals surface area contributed by atoms with E-state index >= 15 is 0 Å². The number of thiol groups is 1. The lowest BCUT2D eigenvalue weighted by molar-refractivity contribution is -0.110. The number of carbonyl (C=O) groups excluding carboxylic acids is 1. The van der Waals surface area contributed by atoms with Crippen molar-refractivity contribution < 1.29 is 4.79 Å². The van der Waals surface area contributed by atoms with Gasteiger partial charge in [-0.1, -0.05) is 56.8 Å². The lowest BCUT2D eigenvalue weighted by atomic mass is 9.86. The second-order valence-corrected chi connectivity index (χ2v) is 8.71. The Hall–Kier alpha value is -1.20. The molecule has 0 aliphatic carbocycles. The molecule has 0 N–H and O–H groups in total. The third-order valence-electron chi connectivity index (χ3n) is 3.68. The first-order valence-electron chi connectivity index (χ1n) is 7.72. The summed E-state index contributed by atoms with van der Waals surface area (Å²) in [6.07, 6.45) is 5.46. The predicted molar refractivity (Wildman–Crippen MR) is 101 cm³/mol. The van der Waals surface area contributed by atoms with Crippen molar-refractivity contribution in [3.8, 4) is 0 Å². The largest absolute Gasteiger partial charge is 0.336 e. The molecule has 0 saturated carbocycles. The van der Waals surface area contributed by atoms with E-state index in [2.05, 4.69) is 62.6 Å². The first-order valence-corrected chi connectivity index (χ1v) is 9.11. The highest BCUT2D eigenvalue weighted by molar-refractivity contribution is 8.15. The summed E-state index contributed by atoms with van der Waals surface area (Å²) in [6, 6.07) is 8.58. The summed E-state index contributed by atoms with van der Waals surface area (Å²) in [5.74, 6) is 0. The Morgan fingerprint density at radius 2 is 1.96 bits per heavy atom. The van der Waals surface area contributed by atoms with Gasteiger partial charge in [-0.2, -0.15) is 12.6 Å². The van der Waals surface area contributed by atoms with E-state index < -0.39 is 0 Å². The fourth-order valence-electron chi connectivity index (χ4n) is 2.23. The van der Waals surface area contributed by atoms with E-state index in [-0.39, 0.29) is 21.0 Å². The first kappa shape index (κ1) is 18.1. The number of hydrogen-bond donors (Lipinski definition) is 1. The summed E-state index contributed by atoms with van der Waals surface area (Å²) in [5, 5.41) is -0.113. The molecule has 2 atom stereocenters. The van der Waals surface area contributed by atoms with Crippen LogP contribution in [0.3, 0.4) is 0 Å². The summed E-state index contributed by atoms with van der Waals surface area (Å²) in [5.41, 5.74) is 2.57. The molecule has 124 valence electrons. The third kappa shape index (κ3) is 5.15. The quantitative estimate of drug-likeness (QED) is 0.808. The van der Waals surface area contributed by atoms with Crippen molar-refractivity contribution in [2.24, 2.45) is 0 Å². The molecule has 0 spiro atoms. The van der Waals surface area contributed by atoms with Crippen molar-refractivity contribution in [1.82, 2.24) is 9.55 Å². The van der Waals surface area contributed by atoms with E-state index in [0.717, 1.165) is 5.56 Å². The zero-order chi connectivity index (χ0) is 17.0. The molecule has 2 unspecified atom stereocenters. The molecule has 0 amide bonds. The average Bonchev–Trinajstić information content (AvgIpc) is 2.98. The van der Waals surface area contributed by atoms with Crippen molar-refractivity contribution >= 4 is 29.5 Å². The molecule has 0 fully saturated rings. The molecule has 5 heteroatoms. The van der Waals surface area contributed by atoms with Crippen LogP contribution in [0.4, 0.5) is 0 Å². The number of hydrogen-bond acceptors (Lipinski definition) is 4. The zero-order valence-electron chi connectivity index (χ0n) is 14.1. The number of benzene rings is 1. The molecular formula is C18H24N2OS2. The fraction of sp³-hybridized carbons (Fsp3) is 0.444. The maximum Gasteiger partial charge on any atom is 0.202 e. The van der Waals surface area contributed by atoms with Gasteiger partial charge in [0.25, 0.3) is 0 Å². The second-order valence-electron chi connectivity index (χ2n) is 6.73. The molecule has 1 aromatic carbocycles. The topological polar surface area (TPSA) is 34.9 Å². The maximum atomic E-state index is 12.1. The van der Waals surface area contributed by atoms with Crippen LogP contribution in [-0.4, -0.2) is 19.9 Å². The summed E-state index contributed by atoms with van der Waals surface area (Å²) in [6.45, 7) is 9.13. The molecule has 0 bridgehead atoms. The van der Waals surface area contributed by atoms with Crippen LogP contribution in [0.25, 0.3) is 0 Å². The molecule has 1 aromatic heterocycles. The van der Waals surface area contributed by atoms with Gasteiger partial charge < -0.3 is 4.57 Å². The smallest absolute Gasteiger partial charge is 0.202 e. The van der Waals surface area contributed by atoms with Gasteiger partial charge in [-0.05, 0) is 23.5 Å². The molecule has 3 nitrogen and oxygen atoms in total. The Morgan fingerprint density at radius 1 is 1.30 bits per heavy atom. The lowest BCUT2D eigenvalue weighted by Crippen LogP contribution is -2.14. The van der Waals surface area contributed by atoms with Gasteiger partial charge in [-0.15, -0.1) is 0 Å². The Labute approximate surface area is 148 Å². The Bertz CT molecular complexity index is 628. The summed E-state index contributed by atoms with van der Waals surface area (Å²) >= 11 is 5.61. The van der Waals surface area contributed by atoms with Crippen molar-refractivity contribution in [3.05, 3.63) is 54.1 Å². The van der Waals surface area contributed by atoms with E-state index in [9.17, 15) is 4.79 Å². The van der Waals surface area contributed by atoms with E-state index in [1.165, 1.54) is 17.3 Å². The van der Waals surface area contributed by atoms with Gasteiger partial charge in [0.2, 0.25) is 5.12 Å². The van der Waals surface area contributed by atoms with E-state index in [1.54, 1.807) is 12.5 Å². The monoisotopic (exact) mass is 348 g/mol. The van der Waals surface area contributed by atoms with Crippen LogP contribution in [-0.2, 0) is 16.8 Å². The van der Waals surface area contributed by atoms with E-state index in [4.69, 9.17) is 0 Å². The van der Waals surface area contributed by atoms with Crippen LogP contribution in [0.5, 0.6) is 0 Å². The minimum Gasteiger partial charge on any atom is -0.336 e. The lowest BCUT2D eigenvalue weighted by Gasteiger charge is -2.22. The molecule has 2 aromatic rings. The molecule has 0 aliphatic rings. The Kier molecular flexibility index (Phi) is 5.98. The first-order chi connectivity index (χ1) is 10.8.